The summed E-state index contributed by atoms with van der Waals surface area (Å²) >= 11 is 0. The van der Waals surface area contributed by atoms with Crippen molar-refractivity contribution in [1.82, 2.24) is 15.1 Å². The predicted octanol–water partition coefficient (Wildman–Crippen LogP) is 1.58. The quantitative estimate of drug-likeness (QED) is 0.332. The van der Waals surface area contributed by atoms with E-state index in [4.69, 9.17) is 19.2 Å². The summed E-state index contributed by atoms with van der Waals surface area (Å²) < 4.78 is 16.4. The summed E-state index contributed by atoms with van der Waals surface area (Å²) in [5.41, 5.74) is 0. The zero-order chi connectivity index (χ0) is 19.2. The van der Waals surface area contributed by atoms with Crippen molar-refractivity contribution in [2.24, 2.45) is 4.99 Å². The highest BCUT2D eigenvalue weighted by atomic mass is 16.5. The molecule has 0 saturated carbocycles. The average molecular weight is 385 g/mol. The summed E-state index contributed by atoms with van der Waals surface area (Å²) in [6.45, 7) is 12.7. The van der Waals surface area contributed by atoms with E-state index in [0.29, 0.717) is 6.10 Å². The SMILES string of the molecule is CCNC(=NCCCCN1CCOCC1)N1CCC(OCCCOC)CC1. The minimum Gasteiger partial charge on any atom is -0.385 e. The molecule has 0 amide bonds. The Hall–Kier alpha value is -0.890. The van der Waals surface area contributed by atoms with Crippen molar-refractivity contribution in [1.29, 1.82) is 0 Å². The molecule has 158 valence electrons. The van der Waals surface area contributed by atoms with Gasteiger partial charge in [-0.1, -0.05) is 0 Å². The Balaban J connectivity index is 1.62. The second kappa shape index (κ2) is 14.2. The number of aliphatic imine (C=N–C) groups is 1. The van der Waals surface area contributed by atoms with Crippen LogP contribution in [0.25, 0.3) is 0 Å². The molecule has 0 aromatic carbocycles. The smallest absolute Gasteiger partial charge is 0.193 e. The molecule has 27 heavy (non-hydrogen) atoms. The minimum atomic E-state index is 0.384. The summed E-state index contributed by atoms with van der Waals surface area (Å²) in [7, 11) is 1.74. The molecule has 2 fully saturated rings. The third-order valence-electron chi connectivity index (χ3n) is 5.17. The first-order chi connectivity index (χ1) is 13.3. The van der Waals surface area contributed by atoms with Crippen molar-refractivity contribution in [3.05, 3.63) is 0 Å². The lowest BCUT2D eigenvalue weighted by molar-refractivity contribution is 0.00990. The van der Waals surface area contributed by atoms with E-state index in [1.54, 1.807) is 7.11 Å². The number of unbranched alkanes of at least 4 members (excludes halogenated alkanes) is 1. The Morgan fingerprint density at radius 1 is 1.07 bits per heavy atom. The van der Waals surface area contributed by atoms with Crippen molar-refractivity contribution < 1.29 is 14.2 Å². The number of morpholine rings is 1. The van der Waals surface area contributed by atoms with Crippen LogP contribution < -0.4 is 5.32 Å². The first kappa shape index (κ1) is 22.4. The molecule has 2 aliphatic heterocycles. The van der Waals surface area contributed by atoms with Crippen LogP contribution in [0.2, 0.25) is 0 Å². The molecule has 7 nitrogen and oxygen atoms in total. The number of likely N-dealkylation sites (tertiary alicyclic amines) is 1. The summed E-state index contributed by atoms with van der Waals surface area (Å²) in [6.07, 6.45) is 5.87. The third kappa shape index (κ3) is 9.23. The first-order valence-corrected chi connectivity index (χ1v) is 10.8. The summed E-state index contributed by atoms with van der Waals surface area (Å²) in [4.78, 5) is 9.75. The maximum atomic E-state index is 5.96. The van der Waals surface area contributed by atoms with Gasteiger partial charge in [0.1, 0.15) is 0 Å². The van der Waals surface area contributed by atoms with Gasteiger partial charge in [-0.15, -0.1) is 0 Å². The van der Waals surface area contributed by atoms with Crippen molar-refractivity contribution in [2.75, 3.05) is 79.4 Å². The van der Waals surface area contributed by atoms with Crippen molar-refractivity contribution >= 4 is 5.96 Å². The lowest BCUT2D eigenvalue weighted by atomic mass is 10.1. The Morgan fingerprint density at radius 2 is 1.85 bits per heavy atom. The zero-order valence-electron chi connectivity index (χ0n) is 17.5. The monoisotopic (exact) mass is 384 g/mol. The van der Waals surface area contributed by atoms with Gasteiger partial charge in [0, 0.05) is 59.6 Å². The van der Waals surface area contributed by atoms with Crippen LogP contribution in [0.5, 0.6) is 0 Å². The fourth-order valence-corrected chi connectivity index (χ4v) is 3.57. The Bertz CT molecular complexity index is 395. The number of hydrogen-bond acceptors (Lipinski definition) is 5. The third-order valence-corrected chi connectivity index (χ3v) is 5.17. The molecular formula is C20H40N4O3. The molecule has 1 N–H and O–H groups in total. The molecule has 2 heterocycles. The molecule has 2 rings (SSSR count). The lowest BCUT2D eigenvalue weighted by Gasteiger charge is -2.34. The highest BCUT2D eigenvalue weighted by Gasteiger charge is 2.21. The highest BCUT2D eigenvalue weighted by Crippen LogP contribution is 2.14. The van der Waals surface area contributed by atoms with Gasteiger partial charge < -0.3 is 24.4 Å². The fourth-order valence-electron chi connectivity index (χ4n) is 3.57. The van der Waals surface area contributed by atoms with E-state index >= 15 is 0 Å². The summed E-state index contributed by atoms with van der Waals surface area (Å²) in [6, 6.07) is 0. The number of nitrogens with zero attached hydrogens (tertiary/aromatic N) is 3. The minimum absolute atomic E-state index is 0.384. The lowest BCUT2D eigenvalue weighted by Crippen LogP contribution is -2.47. The molecule has 0 bridgehead atoms. The van der Waals surface area contributed by atoms with Crippen molar-refractivity contribution in [2.45, 2.75) is 45.1 Å². The van der Waals surface area contributed by atoms with Gasteiger partial charge in [0.2, 0.25) is 0 Å². The molecule has 2 aliphatic rings. The van der Waals surface area contributed by atoms with E-state index in [9.17, 15) is 0 Å². The Labute approximate surface area is 165 Å². The van der Waals surface area contributed by atoms with Crippen LogP contribution in [0, 0.1) is 0 Å². The van der Waals surface area contributed by atoms with Gasteiger partial charge in [0.15, 0.2) is 5.96 Å². The van der Waals surface area contributed by atoms with E-state index in [0.717, 1.165) is 97.3 Å². The number of rotatable bonds is 11. The van der Waals surface area contributed by atoms with Gasteiger partial charge >= 0.3 is 0 Å². The van der Waals surface area contributed by atoms with Gasteiger partial charge in [-0.25, -0.2) is 0 Å². The van der Waals surface area contributed by atoms with E-state index in [1.165, 1.54) is 13.0 Å². The fraction of sp³-hybridized carbons (Fsp3) is 0.950. The second-order valence-corrected chi connectivity index (χ2v) is 7.30. The van der Waals surface area contributed by atoms with E-state index in [2.05, 4.69) is 22.0 Å². The van der Waals surface area contributed by atoms with Crippen LogP contribution in [-0.2, 0) is 14.2 Å². The number of piperidine rings is 1. The molecule has 0 unspecified atom stereocenters. The van der Waals surface area contributed by atoms with Gasteiger partial charge in [-0.05, 0) is 45.6 Å². The van der Waals surface area contributed by atoms with Crippen LogP contribution in [0.15, 0.2) is 4.99 Å². The van der Waals surface area contributed by atoms with Crippen LogP contribution in [0.3, 0.4) is 0 Å². The summed E-state index contributed by atoms with van der Waals surface area (Å²) in [5.74, 6) is 1.07. The average Bonchev–Trinajstić information content (AvgIpc) is 2.71. The van der Waals surface area contributed by atoms with Gasteiger partial charge in [-0.2, -0.15) is 0 Å². The molecule has 0 aromatic rings. The maximum absolute atomic E-state index is 5.96. The summed E-state index contributed by atoms with van der Waals surface area (Å²) in [5, 5.41) is 3.46. The van der Waals surface area contributed by atoms with Crippen molar-refractivity contribution in [3.8, 4) is 0 Å². The Morgan fingerprint density at radius 3 is 2.56 bits per heavy atom. The number of nitrogens with one attached hydrogen (secondary N) is 1. The van der Waals surface area contributed by atoms with E-state index in [1.807, 2.05) is 0 Å². The number of methoxy groups -OCH3 is 1. The number of hydrogen-bond donors (Lipinski definition) is 1. The van der Waals surface area contributed by atoms with Crippen LogP contribution >= 0.6 is 0 Å². The van der Waals surface area contributed by atoms with Gasteiger partial charge in [0.05, 0.1) is 19.3 Å². The van der Waals surface area contributed by atoms with Gasteiger partial charge in [-0.3, -0.25) is 9.89 Å². The molecular weight excluding hydrogens is 344 g/mol. The van der Waals surface area contributed by atoms with Gasteiger partial charge in [0.25, 0.3) is 0 Å². The first-order valence-electron chi connectivity index (χ1n) is 10.8. The molecule has 2 saturated heterocycles. The van der Waals surface area contributed by atoms with Crippen LogP contribution in [0.4, 0.5) is 0 Å². The molecule has 0 spiro atoms. The highest BCUT2D eigenvalue weighted by molar-refractivity contribution is 5.80. The largest absolute Gasteiger partial charge is 0.385 e. The molecule has 0 atom stereocenters. The normalized spacial score (nSPS) is 20.2. The van der Waals surface area contributed by atoms with E-state index in [-0.39, 0.29) is 0 Å². The topological polar surface area (TPSA) is 58.6 Å². The van der Waals surface area contributed by atoms with Crippen molar-refractivity contribution in [3.63, 3.8) is 0 Å². The van der Waals surface area contributed by atoms with Crippen LogP contribution in [-0.4, -0.2) is 101 Å². The molecule has 0 aromatic heterocycles. The molecule has 0 aliphatic carbocycles. The number of guanidine groups is 1. The predicted molar refractivity (Wildman–Crippen MR) is 110 cm³/mol. The zero-order valence-corrected chi connectivity index (χ0v) is 17.5. The Kier molecular flexibility index (Phi) is 11.7. The molecule has 7 heteroatoms. The van der Waals surface area contributed by atoms with Crippen LogP contribution in [0.1, 0.15) is 39.0 Å². The van der Waals surface area contributed by atoms with E-state index < -0.39 is 0 Å². The number of ether oxygens (including phenoxy) is 3. The standard InChI is InChI=1S/C20H40N4O3/c1-3-21-20(22-9-4-5-10-23-13-17-26-18-14-23)24-11-7-19(8-12-24)27-16-6-15-25-2/h19H,3-18H2,1-2H3,(H,21,22). The molecule has 0 radical (unpaired) electrons. The second-order valence-electron chi connectivity index (χ2n) is 7.30. The maximum Gasteiger partial charge on any atom is 0.193 e.